The number of methoxy groups -OCH3 is 1. The molecule has 3 aromatic rings. The Bertz CT molecular complexity index is 1550. The average Bonchev–Trinajstić information content (AvgIpc) is 3.67. The highest BCUT2D eigenvalue weighted by Crippen LogP contribution is 2.44. The number of hydrogen-bond donors (Lipinski definition) is 2. The van der Waals surface area contributed by atoms with Gasteiger partial charge in [-0.25, -0.2) is 9.18 Å². The van der Waals surface area contributed by atoms with Crippen LogP contribution in [0.4, 0.5) is 15.9 Å². The zero-order chi connectivity index (χ0) is 28.9. The van der Waals surface area contributed by atoms with Crippen LogP contribution in [-0.2, 0) is 6.54 Å². The highest BCUT2D eigenvalue weighted by atomic mass is 19.1. The summed E-state index contributed by atoms with van der Waals surface area (Å²) in [5.41, 5.74) is -0.573. The molecule has 0 radical (unpaired) electrons. The number of rotatable bonds is 9. The summed E-state index contributed by atoms with van der Waals surface area (Å²) in [5.74, 6) is -1.69. The highest BCUT2D eigenvalue weighted by Gasteiger charge is 2.33. The molecule has 1 aliphatic carbocycles. The van der Waals surface area contributed by atoms with E-state index in [1.807, 2.05) is 11.8 Å². The summed E-state index contributed by atoms with van der Waals surface area (Å²) < 4.78 is 24.6. The van der Waals surface area contributed by atoms with E-state index in [4.69, 9.17) is 4.74 Å². The van der Waals surface area contributed by atoms with Crippen molar-refractivity contribution in [1.82, 2.24) is 19.0 Å². The van der Waals surface area contributed by atoms with Crippen LogP contribution in [-0.4, -0.2) is 85.6 Å². The second-order valence-corrected chi connectivity index (χ2v) is 10.5. The zero-order valence-corrected chi connectivity index (χ0v) is 22.4. The van der Waals surface area contributed by atoms with Gasteiger partial charge in [0.05, 0.1) is 30.7 Å². The molecule has 1 aromatic carbocycles. The summed E-state index contributed by atoms with van der Waals surface area (Å²) in [6.45, 7) is 5.35. The van der Waals surface area contributed by atoms with Crippen molar-refractivity contribution in [1.29, 1.82) is 0 Å². The standard InChI is InChI=1S/C26H31FN6O7/c1-14-9-30(7-6-29(14)10-17(34)11-31-13-21(33(38)39)28-15(31)2)23-20(27)8-18-22(25(23)40-3)32(16-4-5-16)12-19(24(18)35)26(36)37/h8,12-14,16-17,34H,4-7,9-11H2,1-3H3,(H,36,37)/t14?,17-/m0/s1. The van der Waals surface area contributed by atoms with Gasteiger partial charge in [-0.15, -0.1) is 0 Å². The van der Waals surface area contributed by atoms with Gasteiger partial charge < -0.3 is 39.1 Å². The van der Waals surface area contributed by atoms with E-state index in [0.717, 1.165) is 18.9 Å². The molecule has 1 aliphatic heterocycles. The second-order valence-electron chi connectivity index (χ2n) is 10.5. The van der Waals surface area contributed by atoms with E-state index in [2.05, 4.69) is 9.88 Å². The van der Waals surface area contributed by atoms with Crippen molar-refractivity contribution in [2.75, 3.05) is 38.2 Å². The summed E-state index contributed by atoms with van der Waals surface area (Å²) >= 11 is 0. The smallest absolute Gasteiger partial charge is 0.381 e. The lowest BCUT2D eigenvalue weighted by molar-refractivity contribution is -0.389. The summed E-state index contributed by atoms with van der Waals surface area (Å²) in [7, 11) is 1.41. The van der Waals surface area contributed by atoms with E-state index in [1.165, 1.54) is 19.5 Å². The number of nitrogens with zero attached hydrogens (tertiary/aromatic N) is 6. The van der Waals surface area contributed by atoms with Gasteiger partial charge in [0.2, 0.25) is 11.3 Å². The minimum absolute atomic E-state index is 0.00578. The van der Waals surface area contributed by atoms with Gasteiger partial charge in [-0.1, -0.05) is 0 Å². The highest BCUT2D eigenvalue weighted by molar-refractivity contribution is 5.97. The lowest BCUT2D eigenvalue weighted by Crippen LogP contribution is -2.54. The van der Waals surface area contributed by atoms with Crippen molar-refractivity contribution >= 4 is 28.4 Å². The molecule has 1 saturated carbocycles. The van der Waals surface area contributed by atoms with Gasteiger partial charge in [-0.05, 0) is 35.7 Å². The number of aromatic nitrogens is 3. The molecule has 0 spiro atoms. The Kier molecular flexibility index (Phi) is 7.23. The third-order valence-electron chi connectivity index (χ3n) is 7.66. The van der Waals surface area contributed by atoms with Gasteiger partial charge in [-0.2, -0.15) is 0 Å². The molecule has 0 bridgehead atoms. The molecule has 0 amide bonds. The summed E-state index contributed by atoms with van der Waals surface area (Å²) in [5, 5.41) is 31.2. The number of carboxylic acids is 1. The number of pyridine rings is 1. The molecule has 2 N–H and O–H groups in total. The molecular formula is C26H31FN6O7. The number of carbonyl (C=O) groups is 1. The molecular weight excluding hydrogens is 527 g/mol. The quantitative estimate of drug-likeness (QED) is 0.295. The third kappa shape index (κ3) is 4.99. The maximum absolute atomic E-state index is 15.7. The maximum Gasteiger partial charge on any atom is 0.381 e. The number of halogens is 1. The van der Waals surface area contributed by atoms with Crippen LogP contribution in [0.3, 0.4) is 0 Å². The molecule has 3 heterocycles. The van der Waals surface area contributed by atoms with Gasteiger partial charge in [0.15, 0.2) is 11.6 Å². The topological polar surface area (TPSA) is 156 Å². The number of anilines is 1. The van der Waals surface area contributed by atoms with Gasteiger partial charge in [0.1, 0.15) is 17.4 Å². The predicted octanol–water partition coefficient (Wildman–Crippen LogP) is 2.17. The number of nitro groups is 1. The Hall–Kier alpha value is -4.04. The minimum Gasteiger partial charge on any atom is -0.492 e. The zero-order valence-electron chi connectivity index (χ0n) is 22.4. The molecule has 2 aromatic heterocycles. The number of carboxylic acid groups (broad SMARTS) is 1. The number of imidazole rings is 1. The van der Waals surface area contributed by atoms with Gasteiger partial charge in [0.25, 0.3) is 0 Å². The number of benzene rings is 1. The first-order chi connectivity index (χ1) is 19.0. The fourth-order valence-electron chi connectivity index (χ4n) is 5.51. The molecule has 5 rings (SSSR count). The lowest BCUT2D eigenvalue weighted by atomic mass is 10.1. The molecule has 13 nitrogen and oxygen atoms in total. The number of piperazine rings is 1. The predicted molar refractivity (Wildman–Crippen MR) is 143 cm³/mol. The minimum atomic E-state index is -1.36. The van der Waals surface area contributed by atoms with Crippen LogP contribution in [0.25, 0.3) is 10.9 Å². The Morgan fingerprint density at radius 1 is 1.30 bits per heavy atom. The van der Waals surface area contributed by atoms with E-state index in [-0.39, 0.29) is 41.3 Å². The van der Waals surface area contributed by atoms with E-state index in [0.29, 0.717) is 37.5 Å². The number of aliphatic hydroxyl groups excluding tert-OH is 1. The Labute approximate surface area is 228 Å². The second kappa shape index (κ2) is 10.5. The van der Waals surface area contributed by atoms with Crippen molar-refractivity contribution < 1.29 is 29.1 Å². The van der Waals surface area contributed by atoms with Crippen molar-refractivity contribution in [3.63, 3.8) is 0 Å². The molecule has 1 unspecified atom stereocenters. The van der Waals surface area contributed by atoms with Gasteiger partial charge in [-0.3, -0.25) is 9.69 Å². The average molecular weight is 559 g/mol. The molecule has 1 saturated heterocycles. The summed E-state index contributed by atoms with van der Waals surface area (Å²) in [6, 6.07) is 1.02. The number of aromatic carboxylic acids is 1. The number of hydrogen-bond acceptors (Lipinski definition) is 9. The fraction of sp³-hybridized carbons (Fsp3) is 0.500. The normalized spacial score (nSPS) is 18.7. The molecule has 214 valence electrons. The summed E-state index contributed by atoms with van der Waals surface area (Å²) in [4.78, 5) is 42.9. The van der Waals surface area contributed by atoms with Crippen LogP contribution in [0.2, 0.25) is 0 Å². The molecule has 2 atom stereocenters. The number of β-amino-alcohol motifs (C(OH)–C–C–N with tert-alkyl or cyclic N) is 1. The number of aliphatic hydroxyl groups is 1. The number of aryl methyl sites for hydroxylation is 1. The largest absolute Gasteiger partial charge is 0.492 e. The first-order valence-electron chi connectivity index (χ1n) is 13.0. The van der Waals surface area contributed by atoms with E-state index in [9.17, 15) is 29.9 Å². The van der Waals surface area contributed by atoms with Crippen LogP contribution >= 0.6 is 0 Å². The van der Waals surface area contributed by atoms with Crippen LogP contribution in [0.1, 0.15) is 42.0 Å². The molecule has 40 heavy (non-hydrogen) atoms. The van der Waals surface area contributed by atoms with Crippen molar-refractivity contribution in [3.05, 3.63) is 56.0 Å². The first kappa shape index (κ1) is 27.5. The Morgan fingerprint density at radius 2 is 2.02 bits per heavy atom. The van der Waals surface area contributed by atoms with Gasteiger partial charge in [0, 0.05) is 51.4 Å². The SMILES string of the molecule is COc1c(N2CCN(C[C@H](O)Cn3cc([N+](=O)[O-])nc3C)C(C)C2)c(F)cc2c(=O)c(C(=O)O)cn(C3CC3)c12. The van der Waals surface area contributed by atoms with Crippen molar-refractivity contribution in [2.45, 2.75) is 51.4 Å². The van der Waals surface area contributed by atoms with Crippen molar-refractivity contribution in [2.24, 2.45) is 0 Å². The van der Waals surface area contributed by atoms with Gasteiger partial charge >= 0.3 is 11.8 Å². The van der Waals surface area contributed by atoms with E-state index >= 15 is 4.39 Å². The number of ether oxygens (including phenoxy) is 1. The van der Waals surface area contributed by atoms with Crippen LogP contribution < -0.4 is 15.1 Å². The molecule has 14 heteroatoms. The molecule has 2 aliphatic rings. The Balaban J connectivity index is 1.39. The van der Waals surface area contributed by atoms with Crippen LogP contribution in [0.15, 0.2) is 23.3 Å². The first-order valence-corrected chi connectivity index (χ1v) is 13.0. The van der Waals surface area contributed by atoms with E-state index < -0.39 is 33.8 Å². The van der Waals surface area contributed by atoms with E-state index in [1.54, 1.807) is 16.1 Å². The Morgan fingerprint density at radius 3 is 2.60 bits per heavy atom. The third-order valence-corrected chi connectivity index (χ3v) is 7.66. The number of fused-ring (bicyclic) bond motifs is 1. The lowest BCUT2D eigenvalue weighted by Gasteiger charge is -2.42. The van der Waals surface area contributed by atoms with Crippen LogP contribution in [0.5, 0.6) is 5.75 Å². The summed E-state index contributed by atoms with van der Waals surface area (Å²) in [6.07, 6.45) is 3.45. The van der Waals surface area contributed by atoms with Crippen LogP contribution in [0, 0.1) is 22.9 Å². The monoisotopic (exact) mass is 558 g/mol. The fourth-order valence-corrected chi connectivity index (χ4v) is 5.51. The van der Waals surface area contributed by atoms with Crippen molar-refractivity contribution in [3.8, 4) is 5.75 Å². The molecule has 2 fully saturated rings. The maximum atomic E-state index is 15.7.